The van der Waals surface area contributed by atoms with E-state index in [0.717, 1.165) is 63.8 Å². The van der Waals surface area contributed by atoms with Gasteiger partial charge >= 0.3 is 24.4 Å². The van der Waals surface area contributed by atoms with Crippen LogP contribution in [0.3, 0.4) is 0 Å². The fourth-order valence-corrected chi connectivity index (χ4v) is 6.55. The molecule has 13 nitrogen and oxygen atoms in total. The number of imide groups is 1. The summed E-state index contributed by atoms with van der Waals surface area (Å²) in [4.78, 5) is 59.4. The van der Waals surface area contributed by atoms with Crippen molar-refractivity contribution in [2.75, 3.05) is 48.3 Å². The van der Waals surface area contributed by atoms with Crippen LogP contribution < -0.4 is 26.3 Å². The van der Waals surface area contributed by atoms with E-state index < -0.39 is 53.4 Å². The van der Waals surface area contributed by atoms with Gasteiger partial charge < -0.3 is 10.6 Å². The molecule has 0 radical (unpaired) electrons. The number of hydrazone groups is 1. The van der Waals surface area contributed by atoms with Crippen LogP contribution in [-0.2, 0) is 28.5 Å². The van der Waals surface area contributed by atoms with Crippen LogP contribution in [0.15, 0.2) is 83.3 Å². The van der Waals surface area contributed by atoms with Crippen molar-refractivity contribution in [3.05, 3.63) is 95.0 Å². The minimum atomic E-state index is -4.57. The summed E-state index contributed by atoms with van der Waals surface area (Å²) in [5.41, 5.74) is 2.68. The maximum atomic E-state index is 13.0. The van der Waals surface area contributed by atoms with Crippen LogP contribution in [0.2, 0.25) is 0 Å². The Hall–Kier alpha value is -5.86. The first kappa shape index (κ1) is 38.9. The Balaban J connectivity index is 0.929. The highest BCUT2D eigenvalue weighted by molar-refractivity contribution is 7.13. The van der Waals surface area contributed by atoms with E-state index in [2.05, 4.69) is 31.4 Å². The van der Waals surface area contributed by atoms with Gasteiger partial charge in [-0.2, -0.15) is 31.4 Å². The number of urea groups is 2. The lowest BCUT2D eigenvalue weighted by atomic mass is 10.1. The molecule has 2 saturated heterocycles. The van der Waals surface area contributed by atoms with Crippen molar-refractivity contribution in [3.63, 3.8) is 0 Å². The Morgan fingerprint density at radius 2 is 1.51 bits per heavy atom. The number of hydrogen-bond donors (Lipinski definition) is 4. The molecule has 288 valence electrons. The van der Waals surface area contributed by atoms with E-state index in [1.54, 1.807) is 24.3 Å². The molecule has 3 heterocycles. The molecule has 0 saturated carbocycles. The van der Waals surface area contributed by atoms with Gasteiger partial charge in [0.25, 0.3) is 11.8 Å². The molecule has 3 aromatic carbocycles. The zero-order valence-corrected chi connectivity index (χ0v) is 29.3. The molecule has 1 aromatic heterocycles. The molecule has 2 aliphatic rings. The van der Waals surface area contributed by atoms with Gasteiger partial charge in [0, 0.05) is 60.7 Å². The standard InChI is InChI=1S/C35H31F6N9O4S/c36-34(37,38)22-6-10-27(11-7-22)50-28(30(52)46-33(50)54)17-42-47-29(51)19-49-14-12-48(13-15-49)18-26-20-55-31(43-26)21-4-8-24(9-5-21)44-32(53)45-25-3-1-2-23(16-25)35(39,40)41/h1-11,16-17,20,28H,12-15,18-19H2,(H,47,51)(H2,44,45,53)(H,46,52,54)/b42-17+. The lowest BCUT2D eigenvalue weighted by Crippen LogP contribution is -2.48. The molecule has 4 aromatic rings. The molecule has 55 heavy (non-hydrogen) atoms. The van der Waals surface area contributed by atoms with Crippen LogP contribution in [0.1, 0.15) is 16.8 Å². The Bertz CT molecular complexity index is 2070. The van der Waals surface area contributed by atoms with Gasteiger partial charge in [-0.25, -0.2) is 20.0 Å². The number of amides is 6. The van der Waals surface area contributed by atoms with Crippen molar-refractivity contribution in [2.24, 2.45) is 5.10 Å². The third-order valence-corrected chi connectivity index (χ3v) is 9.42. The van der Waals surface area contributed by atoms with Crippen molar-refractivity contribution >= 4 is 58.5 Å². The van der Waals surface area contributed by atoms with E-state index in [4.69, 9.17) is 4.98 Å². The van der Waals surface area contributed by atoms with Crippen LogP contribution in [0.25, 0.3) is 10.6 Å². The van der Waals surface area contributed by atoms with E-state index in [-0.39, 0.29) is 17.9 Å². The zero-order valence-electron chi connectivity index (χ0n) is 28.4. The Labute approximate surface area is 313 Å². The summed E-state index contributed by atoms with van der Waals surface area (Å²) < 4.78 is 77.7. The highest BCUT2D eigenvalue weighted by atomic mass is 32.1. The lowest BCUT2D eigenvalue weighted by molar-refractivity contribution is -0.138. The second-order valence-electron chi connectivity index (χ2n) is 12.4. The summed E-state index contributed by atoms with van der Waals surface area (Å²) in [7, 11) is 0. The van der Waals surface area contributed by atoms with Crippen molar-refractivity contribution in [1.29, 1.82) is 0 Å². The Morgan fingerprint density at radius 1 is 0.855 bits per heavy atom. The number of thiazole rings is 1. The number of halogens is 6. The summed E-state index contributed by atoms with van der Waals surface area (Å²) in [6.45, 7) is 3.05. The van der Waals surface area contributed by atoms with Gasteiger partial charge in [-0.05, 0) is 66.7 Å². The first-order chi connectivity index (χ1) is 26.1. The van der Waals surface area contributed by atoms with Gasteiger partial charge in [0.1, 0.15) is 5.01 Å². The number of hydrogen-bond acceptors (Lipinski definition) is 9. The summed E-state index contributed by atoms with van der Waals surface area (Å²) >= 11 is 1.45. The van der Waals surface area contributed by atoms with Crippen LogP contribution in [0, 0.1) is 0 Å². The number of nitrogens with one attached hydrogen (secondary N) is 4. The van der Waals surface area contributed by atoms with Crippen LogP contribution in [-0.4, -0.2) is 83.6 Å². The molecule has 1 unspecified atom stereocenters. The van der Waals surface area contributed by atoms with Gasteiger partial charge in [-0.1, -0.05) is 6.07 Å². The van der Waals surface area contributed by atoms with Crippen LogP contribution >= 0.6 is 11.3 Å². The second-order valence-corrected chi connectivity index (χ2v) is 13.3. The van der Waals surface area contributed by atoms with Crippen molar-refractivity contribution < 1.29 is 45.5 Å². The van der Waals surface area contributed by atoms with E-state index in [0.29, 0.717) is 38.4 Å². The molecular weight excluding hydrogens is 756 g/mol. The first-order valence-electron chi connectivity index (χ1n) is 16.5. The van der Waals surface area contributed by atoms with Gasteiger partial charge in [-0.15, -0.1) is 11.3 Å². The number of anilines is 3. The monoisotopic (exact) mass is 787 g/mol. The number of benzene rings is 3. The Kier molecular flexibility index (Phi) is 11.5. The number of nitrogens with zero attached hydrogens (tertiary/aromatic N) is 5. The molecular formula is C35H31F6N9O4S. The summed E-state index contributed by atoms with van der Waals surface area (Å²) in [5.74, 6) is -1.21. The number of alkyl halides is 6. The maximum Gasteiger partial charge on any atom is 0.416 e. The molecule has 4 N–H and O–H groups in total. The first-order valence-corrected chi connectivity index (χ1v) is 17.4. The van der Waals surface area contributed by atoms with Gasteiger partial charge in [-0.3, -0.25) is 29.6 Å². The molecule has 6 rings (SSSR count). The zero-order chi connectivity index (χ0) is 39.3. The van der Waals surface area contributed by atoms with E-state index >= 15 is 0 Å². The van der Waals surface area contributed by atoms with E-state index in [9.17, 15) is 45.5 Å². The minimum Gasteiger partial charge on any atom is -0.308 e. The fourth-order valence-electron chi connectivity index (χ4n) is 5.73. The largest absolute Gasteiger partial charge is 0.416 e. The average molecular weight is 788 g/mol. The SMILES string of the molecule is O=C(CN1CCN(Cc2csc(-c3ccc(NC(=O)Nc4cccc(C(F)(F)F)c4)cc3)n2)CC1)N/N=C/C1C(=O)NC(=O)N1c1ccc(C(F)(F)F)cc1. The highest BCUT2D eigenvalue weighted by Gasteiger charge is 2.39. The van der Waals surface area contributed by atoms with Crippen molar-refractivity contribution in [1.82, 2.24) is 25.5 Å². The fraction of sp³-hybridized carbons (Fsp3) is 0.257. The molecule has 0 aliphatic carbocycles. The Morgan fingerprint density at radius 3 is 2.18 bits per heavy atom. The number of rotatable bonds is 10. The van der Waals surface area contributed by atoms with Gasteiger partial charge in [0.05, 0.1) is 29.6 Å². The average Bonchev–Trinajstić information content (AvgIpc) is 3.71. The van der Waals surface area contributed by atoms with Crippen LogP contribution in [0.5, 0.6) is 0 Å². The third-order valence-electron chi connectivity index (χ3n) is 8.48. The normalized spacial score (nSPS) is 17.1. The van der Waals surface area contributed by atoms with Crippen molar-refractivity contribution in [3.8, 4) is 10.6 Å². The lowest BCUT2D eigenvalue weighted by Gasteiger charge is -2.33. The molecule has 2 aliphatic heterocycles. The maximum absolute atomic E-state index is 13.0. The van der Waals surface area contributed by atoms with E-state index in [1.807, 2.05) is 10.3 Å². The molecule has 0 bridgehead atoms. The van der Waals surface area contributed by atoms with Crippen molar-refractivity contribution in [2.45, 2.75) is 24.9 Å². The molecule has 20 heteroatoms. The molecule has 6 amide bonds. The minimum absolute atomic E-state index is 0.00172. The molecule has 1 atom stereocenters. The summed E-state index contributed by atoms with van der Waals surface area (Å²) in [6, 6.07) is 12.1. The quantitative estimate of drug-likeness (QED) is 0.0683. The number of carbonyl (C=O) groups is 4. The number of aromatic nitrogens is 1. The third kappa shape index (κ3) is 10.0. The number of piperazine rings is 1. The van der Waals surface area contributed by atoms with Crippen LogP contribution in [0.4, 0.5) is 53.0 Å². The molecule has 2 fully saturated rings. The predicted octanol–water partition coefficient (Wildman–Crippen LogP) is 5.84. The smallest absolute Gasteiger partial charge is 0.308 e. The molecule has 0 spiro atoms. The predicted molar refractivity (Wildman–Crippen MR) is 191 cm³/mol. The highest BCUT2D eigenvalue weighted by Crippen LogP contribution is 2.32. The number of carbonyl (C=O) groups excluding carboxylic acids is 4. The second kappa shape index (κ2) is 16.2. The van der Waals surface area contributed by atoms with E-state index in [1.165, 1.54) is 23.5 Å². The van der Waals surface area contributed by atoms with Gasteiger partial charge in [0.15, 0.2) is 6.04 Å². The summed E-state index contributed by atoms with van der Waals surface area (Å²) in [5, 5.41) is 13.6. The van der Waals surface area contributed by atoms with Gasteiger partial charge in [0.2, 0.25) is 0 Å². The summed E-state index contributed by atoms with van der Waals surface area (Å²) in [6.07, 6.45) is -8.07. The topological polar surface area (TPSA) is 151 Å².